The van der Waals surface area contributed by atoms with Crippen LogP contribution in [0.15, 0.2) is 67.1 Å². The van der Waals surface area contributed by atoms with Gasteiger partial charge in [-0.1, -0.05) is 18.2 Å². The second kappa shape index (κ2) is 11.8. The number of fused-ring (bicyclic) bond motifs is 1. The quantitative estimate of drug-likeness (QED) is 0.285. The average Bonchev–Trinajstić information content (AvgIpc) is 3.40. The van der Waals surface area contributed by atoms with Gasteiger partial charge in [-0.2, -0.15) is 0 Å². The number of pyridine rings is 1. The average molecular weight is 553 g/mol. The van der Waals surface area contributed by atoms with Crippen molar-refractivity contribution in [3.05, 3.63) is 72.8 Å². The number of hydrogen-bond donors (Lipinski definition) is 3. The molecule has 3 aromatic heterocycles. The lowest BCUT2D eigenvalue weighted by molar-refractivity contribution is -0.117. The molecule has 2 amide bonds. The van der Waals surface area contributed by atoms with Crippen LogP contribution >= 0.6 is 0 Å². The second-order valence-corrected chi connectivity index (χ2v) is 10.2. The van der Waals surface area contributed by atoms with Gasteiger partial charge >= 0.3 is 0 Å². The molecule has 0 bridgehead atoms. The van der Waals surface area contributed by atoms with Gasteiger partial charge in [0, 0.05) is 49.4 Å². The molecule has 2 saturated heterocycles. The SMILES string of the molecule is CC=CC(=O)NC1CN(c2ccnc(CC(=O)Nc3ccc(-c4cc5c(N6CCOCC6)ncnc5[nH]4)cc3)c2)C1. The highest BCUT2D eigenvalue weighted by Crippen LogP contribution is 2.30. The highest BCUT2D eigenvalue weighted by molar-refractivity contribution is 5.94. The fourth-order valence-corrected chi connectivity index (χ4v) is 5.15. The van der Waals surface area contributed by atoms with Crippen molar-refractivity contribution in [1.82, 2.24) is 25.3 Å². The number of aromatic nitrogens is 4. The molecule has 0 spiro atoms. The number of aromatic amines is 1. The number of anilines is 3. The van der Waals surface area contributed by atoms with E-state index in [-0.39, 0.29) is 24.3 Å². The first-order valence-corrected chi connectivity index (χ1v) is 13.8. The zero-order valence-electron chi connectivity index (χ0n) is 22.8. The molecule has 0 radical (unpaired) electrons. The lowest BCUT2D eigenvalue weighted by Gasteiger charge is -2.41. The van der Waals surface area contributed by atoms with Crippen LogP contribution in [-0.2, 0) is 20.7 Å². The van der Waals surface area contributed by atoms with Crippen LogP contribution in [0, 0.1) is 0 Å². The Bertz CT molecular complexity index is 1570. The Labute approximate surface area is 237 Å². The zero-order chi connectivity index (χ0) is 28.2. The molecule has 6 rings (SSSR count). The molecule has 0 aliphatic carbocycles. The van der Waals surface area contributed by atoms with Gasteiger partial charge in [0.25, 0.3) is 0 Å². The third-order valence-electron chi connectivity index (χ3n) is 7.25. The fraction of sp³-hybridized carbons (Fsp3) is 0.300. The van der Waals surface area contributed by atoms with E-state index in [4.69, 9.17) is 4.74 Å². The first-order valence-electron chi connectivity index (χ1n) is 13.8. The first kappa shape index (κ1) is 26.5. The van der Waals surface area contributed by atoms with E-state index in [9.17, 15) is 9.59 Å². The molecule has 11 heteroatoms. The van der Waals surface area contributed by atoms with Crippen molar-refractivity contribution >= 4 is 40.0 Å². The maximum absolute atomic E-state index is 12.8. The summed E-state index contributed by atoms with van der Waals surface area (Å²) in [7, 11) is 0. The summed E-state index contributed by atoms with van der Waals surface area (Å²) in [5, 5.41) is 6.91. The van der Waals surface area contributed by atoms with Crippen LogP contribution in [-0.4, -0.2) is 77.2 Å². The molecule has 0 atom stereocenters. The summed E-state index contributed by atoms with van der Waals surface area (Å²) < 4.78 is 5.48. The van der Waals surface area contributed by atoms with E-state index in [1.54, 1.807) is 18.6 Å². The number of nitrogens with one attached hydrogen (secondary N) is 3. The number of ether oxygens (including phenoxy) is 1. The Morgan fingerprint density at radius 2 is 1.85 bits per heavy atom. The van der Waals surface area contributed by atoms with Crippen LogP contribution in [0.3, 0.4) is 0 Å². The van der Waals surface area contributed by atoms with Gasteiger partial charge in [-0.25, -0.2) is 9.97 Å². The smallest absolute Gasteiger partial charge is 0.243 e. The third-order valence-corrected chi connectivity index (χ3v) is 7.25. The number of morpholine rings is 1. The number of carbonyl (C=O) groups is 2. The van der Waals surface area contributed by atoms with Crippen LogP contribution in [0.2, 0.25) is 0 Å². The molecule has 41 heavy (non-hydrogen) atoms. The van der Waals surface area contributed by atoms with Gasteiger partial charge in [0.2, 0.25) is 11.8 Å². The molecule has 11 nitrogen and oxygen atoms in total. The van der Waals surface area contributed by atoms with Gasteiger partial charge in [0.1, 0.15) is 17.8 Å². The molecule has 2 aliphatic rings. The number of allylic oxidation sites excluding steroid dienone is 1. The lowest BCUT2D eigenvalue weighted by Crippen LogP contribution is -2.59. The Kier molecular flexibility index (Phi) is 7.59. The second-order valence-electron chi connectivity index (χ2n) is 10.2. The molecule has 0 unspecified atom stereocenters. The molecular weight excluding hydrogens is 520 g/mol. The number of hydrogen-bond acceptors (Lipinski definition) is 8. The van der Waals surface area contributed by atoms with Gasteiger partial charge in [0.05, 0.1) is 36.8 Å². The van der Waals surface area contributed by atoms with Crippen molar-refractivity contribution in [3.8, 4) is 11.3 Å². The summed E-state index contributed by atoms with van der Waals surface area (Å²) in [6, 6.07) is 13.8. The van der Waals surface area contributed by atoms with Crippen LogP contribution in [0.4, 0.5) is 17.2 Å². The van der Waals surface area contributed by atoms with Gasteiger partial charge < -0.3 is 30.2 Å². The van der Waals surface area contributed by atoms with Crippen molar-refractivity contribution in [2.75, 3.05) is 54.5 Å². The van der Waals surface area contributed by atoms with Crippen molar-refractivity contribution in [3.63, 3.8) is 0 Å². The Morgan fingerprint density at radius 1 is 1.05 bits per heavy atom. The third kappa shape index (κ3) is 6.04. The number of H-pyrrole nitrogens is 1. The minimum Gasteiger partial charge on any atom is -0.378 e. The van der Waals surface area contributed by atoms with Crippen molar-refractivity contribution in [2.24, 2.45) is 0 Å². The summed E-state index contributed by atoms with van der Waals surface area (Å²) in [6.45, 7) is 6.25. The topological polar surface area (TPSA) is 128 Å². The summed E-state index contributed by atoms with van der Waals surface area (Å²) in [5.41, 5.74) is 5.09. The Hall–Kier alpha value is -4.77. The van der Waals surface area contributed by atoms with E-state index in [2.05, 4.69) is 46.4 Å². The number of carbonyl (C=O) groups excluding carboxylic acids is 2. The molecule has 210 valence electrons. The van der Waals surface area contributed by atoms with E-state index in [0.29, 0.717) is 24.6 Å². The molecule has 5 heterocycles. The Morgan fingerprint density at radius 3 is 2.63 bits per heavy atom. The Balaban J connectivity index is 1.06. The summed E-state index contributed by atoms with van der Waals surface area (Å²) in [6.07, 6.45) is 6.71. The minimum absolute atomic E-state index is 0.0779. The van der Waals surface area contributed by atoms with E-state index >= 15 is 0 Å². The van der Waals surface area contributed by atoms with Gasteiger partial charge in [-0.05, 0) is 48.9 Å². The summed E-state index contributed by atoms with van der Waals surface area (Å²) in [5.74, 6) is 0.691. The highest BCUT2D eigenvalue weighted by atomic mass is 16.5. The van der Waals surface area contributed by atoms with Gasteiger partial charge in [-0.3, -0.25) is 14.6 Å². The summed E-state index contributed by atoms with van der Waals surface area (Å²) >= 11 is 0. The van der Waals surface area contributed by atoms with Gasteiger partial charge in [-0.15, -0.1) is 0 Å². The van der Waals surface area contributed by atoms with Gasteiger partial charge in [0.15, 0.2) is 0 Å². The van der Waals surface area contributed by atoms with Crippen molar-refractivity contribution < 1.29 is 14.3 Å². The van der Waals surface area contributed by atoms with Crippen LogP contribution in [0.25, 0.3) is 22.3 Å². The number of amides is 2. The zero-order valence-corrected chi connectivity index (χ0v) is 22.8. The normalized spacial score (nSPS) is 15.7. The molecule has 2 aliphatic heterocycles. The largest absolute Gasteiger partial charge is 0.378 e. The molecule has 1 aromatic carbocycles. The molecule has 3 N–H and O–H groups in total. The van der Waals surface area contributed by atoms with E-state index in [1.165, 1.54) is 6.08 Å². The number of nitrogens with zero attached hydrogens (tertiary/aromatic N) is 5. The predicted molar refractivity (Wildman–Crippen MR) is 158 cm³/mol. The van der Waals surface area contributed by atoms with Crippen LogP contribution in [0.1, 0.15) is 12.6 Å². The van der Waals surface area contributed by atoms with E-state index in [0.717, 1.165) is 60.0 Å². The van der Waals surface area contributed by atoms with E-state index < -0.39 is 0 Å². The minimum atomic E-state index is -0.140. The standard InChI is InChI=1S/C30H32N8O3/c1-2-3-27(39)35-23-17-38(18-23)24-8-9-31-22(14-24)15-28(40)34-21-6-4-20(5-7-21)26-16-25-29(36-26)32-19-33-30(25)37-10-12-41-13-11-37/h2-9,14,16,19,23H,10-13,15,17-18H2,1H3,(H,34,40)(H,35,39)(H,32,33,36). The molecular formula is C30H32N8O3. The first-order chi connectivity index (χ1) is 20.1. The lowest BCUT2D eigenvalue weighted by atomic mass is 10.1. The number of benzene rings is 1. The van der Waals surface area contributed by atoms with Crippen LogP contribution in [0.5, 0.6) is 0 Å². The fourth-order valence-electron chi connectivity index (χ4n) is 5.15. The number of rotatable bonds is 8. The molecule has 0 saturated carbocycles. The summed E-state index contributed by atoms with van der Waals surface area (Å²) in [4.78, 5) is 45.6. The maximum Gasteiger partial charge on any atom is 0.243 e. The monoisotopic (exact) mass is 552 g/mol. The van der Waals surface area contributed by atoms with Crippen LogP contribution < -0.4 is 20.4 Å². The molecule has 2 fully saturated rings. The predicted octanol–water partition coefficient (Wildman–Crippen LogP) is 2.92. The van der Waals surface area contributed by atoms with Crippen molar-refractivity contribution in [2.45, 2.75) is 19.4 Å². The van der Waals surface area contributed by atoms with Crippen molar-refractivity contribution in [1.29, 1.82) is 0 Å². The molecule has 4 aromatic rings. The highest BCUT2D eigenvalue weighted by Gasteiger charge is 2.28. The van der Waals surface area contributed by atoms with E-state index in [1.807, 2.05) is 43.3 Å². The maximum atomic E-state index is 12.8.